The third kappa shape index (κ3) is 3.36. The van der Waals surface area contributed by atoms with E-state index in [1.165, 1.54) is 0 Å². The van der Waals surface area contributed by atoms with Crippen LogP contribution in [-0.4, -0.2) is 24.7 Å². The first-order chi connectivity index (χ1) is 8.50. The van der Waals surface area contributed by atoms with Crippen LogP contribution in [0.5, 0.6) is 0 Å². The summed E-state index contributed by atoms with van der Waals surface area (Å²) in [5.41, 5.74) is 0.317. The van der Waals surface area contributed by atoms with Gasteiger partial charge in [-0.05, 0) is 60.6 Å². The first kappa shape index (κ1) is 14.1. The van der Waals surface area contributed by atoms with E-state index in [-0.39, 0.29) is 11.4 Å². The number of hydrogen-bond donors (Lipinski definition) is 1. The number of ether oxygens (including phenoxy) is 1. The number of rotatable bonds is 2. The molecule has 5 heteroatoms. The molecule has 1 N–H and O–H groups in total. The van der Waals surface area contributed by atoms with E-state index in [9.17, 15) is 4.79 Å². The smallest absolute Gasteiger partial charge is 0.251 e. The maximum absolute atomic E-state index is 12.2. The Morgan fingerprint density at radius 3 is 2.94 bits per heavy atom. The predicted octanol–water partition coefficient (Wildman–Crippen LogP) is 3.24. The number of hydrogen-bond acceptors (Lipinski definition) is 2. The first-order valence-corrected chi connectivity index (χ1v) is 7.31. The Morgan fingerprint density at radius 1 is 1.56 bits per heavy atom. The molecular formula is C13H15ClINO2. The van der Waals surface area contributed by atoms with E-state index >= 15 is 0 Å². The van der Waals surface area contributed by atoms with Crippen LogP contribution in [0, 0.1) is 3.57 Å². The number of carbonyl (C=O) groups excluding carboxylic acids is 1. The highest BCUT2D eigenvalue weighted by molar-refractivity contribution is 14.1. The molecule has 1 saturated heterocycles. The molecular weight excluding hydrogens is 365 g/mol. The molecule has 2 rings (SSSR count). The maximum atomic E-state index is 12.2. The van der Waals surface area contributed by atoms with Crippen molar-refractivity contribution in [3.05, 3.63) is 32.4 Å². The molecule has 0 saturated carbocycles. The standard InChI is InChI=1S/C13H15ClINO2/c1-13(5-2-6-18-8-13)16-12(17)9-3-4-11(15)10(14)7-9/h3-4,7H,2,5-6,8H2,1H3,(H,16,17). The molecule has 98 valence electrons. The summed E-state index contributed by atoms with van der Waals surface area (Å²) < 4.78 is 6.37. The molecule has 1 heterocycles. The minimum atomic E-state index is -0.273. The van der Waals surface area contributed by atoms with Crippen molar-refractivity contribution in [2.24, 2.45) is 0 Å². The minimum Gasteiger partial charge on any atom is -0.379 e. The number of halogens is 2. The van der Waals surface area contributed by atoms with Gasteiger partial charge in [0.05, 0.1) is 17.2 Å². The molecule has 0 aliphatic carbocycles. The van der Waals surface area contributed by atoms with E-state index in [2.05, 4.69) is 27.9 Å². The van der Waals surface area contributed by atoms with Gasteiger partial charge in [0.1, 0.15) is 0 Å². The van der Waals surface area contributed by atoms with E-state index in [0.29, 0.717) is 17.2 Å². The molecule has 1 aliphatic rings. The number of nitrogens with one attached hydrogen (secondary N) is 1. The average Bonchev–Trinajstić information content (AvgIpc) is 2.33. The van der Waals surface area contributed by atoms with E-state index < -0.39 is 0 Å². The van der Waals surface area contributed by atoms with Crippen molar-refractivity contribution >= 4 is 40.1 Å². The highest BCUT2D eigenvalue weighted by Crippen LogP contribution is 2.22. The van der Waals surface area contributed by atoms with Gasteiger partial charge in [0.15, 0.2) is 0 Å². The quantitative estimate of drug-likeness (QED) is 0.801. The molecule has 0 aromatic heterocycles. The Kier molecular flexibility index (Phi) is 4.50. The van der Waals surface area contributed by atoms with Gasteiger partial charge in [-0.2, -0.15) is 0 Å². The second kappa shape index (κ2) is 5.75. The summed E-state index contributed by atoms with van der Waals surface area (Å²) in [6, 6.07) is 5.33. The van der Waals surface area contributed by atoms with Gasteiger partial charge in [-0.1, -0.05) is 11.6 Å². The molecule has 1 amide bonds. The Bertz CT molecular complexity index is 458. The molecule has 0 spiro atoms. The Morgan fingerprint density at radius 2 is 2.33 bits per heavy atom. The SMILES string of the molecule is CC1(NC(=O)c2ccc(I)c(Cl)c2)CCCOC1. The fourth-order valence-electron chi connectivity index (χ4n) is 2.02. The zero-order chi connectivity index (χ0) is 13.2. The summed E-state index contributed by atoms with van der Waals surface area (Å²) in [4.78, 5) is 12.2. The van der Waals surface area contributed by atoms with Crippen LogP contribution >= 0.6 is 34.2 Å². The highest BCUT2D eigenvalue weighted by atomic mass is 127. The topological polar surface area (TPSA) is 38.3 Å². The van der Waals surface area contributed by atoms with E-state index in [4.69, 9.17) is 16.3 Å². The lowest BCUT2D eigenvalue weighted by atomic mass is 9.94. The van der Waals surface area contributed by atoms with Gasteiger partial charge < -0.3 is 10.1 Å². The average molecular weight is 380 g/mol. The fraction of sp³-hybridized carbons (Fsp3) is 0.462. The van der Waals surface area contributed by atoms with Crippen LogP contribution in [0.2, 0.25) is 5.02 Å². The lowest BCUT2D eigenvalue weighted by Crippen LogP contribution is -2.51. The first-order valence-electron chi connectivity index (χ1n) is 5.85. The molecule has 3 nitrogen and oxygen atoms in total. The normalized spacial score (nSPS) is 23.7. The maximum Gasteiger partial charge on any atom is 0.251 e. The van der Waals surface area contributed by atoms with Crippen LogP contribution in [-0.2, 0) is 4.74 Å². The van der Waals surface area contributed by atoms with E-state index in [0.717, 1.165) is 23.0 Å². The van der Waals surface area contributed by atoms with Crippen molar-refractivity contribution in [1.82, 2.24) is 5.32 Å². The summed E-state index contributed by atoms with van der Waals surface area (Å²) in [5.74, 6) is -0.0960. The molecule has 18 heavy (non-hydrogen) atoms. The summed E-state index contributed by atoms with van der Waals surface area (Å²) in [6.45, 7) is 3.36. The molecule has 0 radical (unpaired) electrons. The zero-order valence-electron chi connectivity index (χ0n) is 10.1. The molecule has 0 bridgehead atoms. The Hall–Kier alpha value is -0.330. The van der Waals surface area contributed by atoms with Gasteiger partial charge in [0, 0.05) is 15.7 Å². The second-order valence-electron chi connectivity index (χ2n) is 4.80. The van der Waals surface area contributed by atoms with Crippen molar-refractivity contribution in [3.63, 3.8) is 0 Å². The van der Waals surface area contributed by atoms with Gasteiger partial charge in [-0.25, -0.2) is 0 Å². The van der Waals surface area contributed by atoms with Crippen molar-refractivity contribution < 1.29 is 9.53 Å². The van der Waals surface area contributed by atoms with Crippen LogP contribution < -0.4 is 5.32 Å². The monoisotopic (exact) mass is 379 g/mol. The number of benzene rings is 1. The molecule has 1 fully saturated rings. The third-order valence-corrected chi connectivity index (χ3v) is 4.61. The van der Waals surface area contributed by atoms with E-state index in [1.807, 2.05) is 13.0 Å². The van der Waals surface area contributed by atoms with Gasteiger partial charge in [-0.3, -0.25) is 4.79 Å². The summed E-state index contributed by atoms with van der Waals surface area (Å²) in [6.07, 6.45) is 1.92. The van der Waals surface area contributed by atoms with Crippen LogP contribution in [0.4, 0.5) is 0 Å². The molecule has 1 aromatic rings. The molecule has 1 aromatic carbocycles. The number of amides is 1. The predicted molar refractivity (Wildman–Crippen MR) is 80.1 cm³/mol. The van der Waals surface area contributed by atoms with Crippen LogP contribution in [0.15, 0.2) is 18.2 Å². The van der Waals surface area contributed by atoms with Gasteiger partial charge in [0.25, 0.3) is 5.91 Å². The third-order valence-electron chi connectivity index (χ3n) is 3.03. The molecule has 1 unspecified atom stereocenters. The summed E-state index contributed by atoms with van der Waals surface area (Å²) in [5, 5.41) is 3.64. The van der Waals surface area contributed by atoms with Gasteiger partial charge in [-0.15, -0.1) is 0 Å². The fourth-order valence-corrected chi connectivity index (χ4v) is 2.53. The van der Waals surface area contributed by atoms with Crippen molar-refractivity contribution in [2.45, 2.75) is 25.3 Å². The zero-order valence-corrected chi connectivity index (χ0v) is 13.0. The van der Waals surface area contributed by atoms with Gasteiger partial charge in [0.2, 0.25) is 0 Å². The van der Waals surface area contributed by atoms with Crippen LogP contribution in [0.3, 0.4) is 0 Å². The summed E-state index contributed by atoms with van der Waals surface area (Å²) in [7, 11) is 0. The van der Waals surface area contributed by atoms with Crippen molar-refractivity contribution in [3.8, 4) is 0 Å². The second-order valence-corrected chi connectivity index (χ2v) is 6.37. The van der Waals surface area contributed by atoms with Crippen molar-refractivity contribution in [1.29, 1.82) is 0 Å². The Balaban J connectivity index is 2.09. The Labute approximate surface area is 125 Å². The largest absolute Gasteiger partial charge is 0.379 e. The lowest BCUT2D eigenvalue weighted by molar-refractivity contribution is 0.0272. The lowest BCUT2D eigenvalue weighted by Gasteiger charge is -2.34. The highest BCUT2D eigenvalue weighted by Gasteiger charge is 2.29. The number of carbonyl (C=O) groups is 1. The minimum absolute atomic E-state index is 0.0960. The molecule has 1 aliphatic heterocycles. The van der Waals surface area contributed by atoms with Crippen molar-refractivity contribution in [2.75, 3.05) is 13.2 Å². The van der Waals surface area contributed by atoms with Gasteiger partial charge >= 0.3 is 0 Å². The van der Waals surface area contributed by atoms with Crippen LogP contribution in [0.1, 0.15) is 30.1 Å². The summed E-state index contributed by atoms with van der Waals surface area (Å²) >= 11 is 8.16. The molecule has 1 atom stereocenters. The van der Waals surface area contributed by atoms with E-state index in [1.54, 1.807) is 12.1 Å². The van der Waals surface area contributed by atoms with Crippen LogP contribution in [0.25, 0.3) is 0 Å².